The van der Waals surface area contributed by atoms with Crippen LogP contribution in [0.25, 0.3) is 0 Å². The first-order valence-electron chi connectivity index (χ1n) is 9.50. The lowest BCUT2D eigenvalue weighted by Crippen LogP contribution is -2.49. The van der Waals surface area contributed by atoms with E-state index in [-0.39, 0.29) is 11.7 Å². The molecule has 0 saturated carbocycles. The van der Waals surface area contributed by atoms with Crippen LogP contribution in [0, 0.1) is 13.8 Å². The Morgan fingerprint density at radius 3 is 2.30 bits per heavy atom. The van der Waals surface area contributed by atoms with Crippen LogP contribution in [0.5, 0.6) is 0 Å². The van der Waals surface area contributed by atoms with Gasteiger partial charge in [0.1, 0.15) is 11.6 Å². The lowest BCUT2D eigenvalue weighted by Gasteiger charge is -2.36. The number of nitrogens with zero attached hydrogens (tertiary/aromatic N) is 3. The van der Waals surface area contributed by atoms with Crippen LogP contribution >= 0.6 is 0 Å². The highest BCUT2D eigenvalue weighted by molar-refractivity contribution is 5.94. The van der Waals surface area contributed by atoms with E-state index < -0.39 is 0 Å². The molecule has 5 heteroatoms. The molecule has 3 rings (SSSR count). The molecule has 142 valence electrons. The van der Waals surface area contributed by atoms with Crippen molar-refractivity contribution in [2.45, 2.75) is 33.6 Å². The van der Waals surface area contributed by atoms with Crippen molar-refractivity contribution in [3.05, 3.63) is 58.8 Å². The fourth-order valence-electron chi connectivity index (χ4n) is 3.48. The number of carbonyl (C=O) groups excluding carboxylic acids is 2. The number of piperazine rings is 1. The Labute approximate surface area is 161 Å². The summed E-state index contributed by atoms with van der Waals surface area (Å²) in [6.45, 7) is 8.70. The number of Topliss-reactive ketones (excluding diaryl/α,β-unsaturated/α-hetero) is 1. The second-order valence-electron chi connectivity index (χ2n) is 7.33. The molecule has 2 heterocycles. The minimum atomic E-state index is 0.0707. The van der Waals surface area contributed by atoms with Gasteiger partial charge in [-0.3, -0.25) is 4.79 Å². The molecular formula is C22H27N3O2. The Morgan fingerprint density at radius 1 is 1.04 bits per heavy atom. The Balaban J connectivity index is 1.59. The summed E-state index contributed by atoms with van der Waals surface area (Å²) in [6, 6.07) is 9.79. The SMILES string of the molecule is CC(=O)CCc1ccc(C(=O)N2CCN(c3ncc(C)cc3C)CC2)cc1. The molecule has 0 N–H and O–H groups in total. The van der Waals surface area contributed by atoms with Crippen molar-refractivity contribution in [1.29, 1.82) is 0 Å². The number of benzene rings is 1. The van der Waals surface area contributed by atoms with Gasteiger partial charge in [-0.25, -0.2) is 4.98 Å². The zero-order chi connectivity index (χ0) is 19.4. The molecule has 1 amide bonds. The van der Waals surface area contributed by atoms with E-state index in [0.717, 1.165) is 36.5 Å². The first kappa shape index (κ1) is 19.1. The van der Waals surface area contributed by atoms with Crippen molar-refractivity contribution in [3.8, 4) is 0 Å². The summed E-state index contributed by atoms with van der Waals surface area (Å²) >= 11 is 0. The van der Waals surface area contributed by atoms with Crippen molar-refractivity contribution in [1.82, 2.24) is 9.88 Å². The molecule has 1 aromatic carbocycles. The van der Waals surface area contributed by atoms with Crippen molar-refractivity contribution >= 4 is 17.5 Å². The standard InChI is InChI=1S/C22H27N3O2/c1-16-14-17(2)21(23-15-16)24-10-12-25(13-11-24)22(27)20-8-6-19(7-9-20)5-4-18(3)26/h6-9,14-15H,4-5,10-13H2,1-3H3. The van der Waals surface area contributed by atoms with Gasteiger partial charge in [-0.15, -0.1) is 0 Å². The number of ketones is 1. The van der Waals surface area contributed by atoms with Crippen molar-refractivity contribution in [2.24, 2.45) is 0 Å². The van der Waals surface area contributed by atoms with Gasteiger partial charge in [-0.2, -0.15) is 0 Å². The normalized spacial score (nSPS) is 14.3. The van der Waals surface area contributed by atoms with E-state index in [9.17, 15) is 9.59 Å². The molecule has 0 atom stereocenters. The van der Waals surface area contributed by atoms with Crippen LogP contribution in [0.15, 0.2) is 36.5 Å². The molecule has 1 saturated heterocycles. The zero-order valence-electron chi connectivity index (χ0n) is 16.4. The van der Waals surface area contributed by atoms with Crippen LogP contribution < -0.4 is 4.90 Å². The maximum Gasteiger partial charge on any atom is 0.253 e. The van der Waals surface area contributed by atoms with Crippen LogP contribution in [-0.2, 0) is 11.2 Å². The summed E-state index contributed by atoms with van der Waals surface area (Å²) in [5.41, 5.74) is 4.14. The summed E-state index contributed by atoms with van der Waals surface area (Å²) in [5, 5.41) is 0. The lowest BCUT2D eigenvalue weighted by atomic mass is 10.1. The molecule has 1 aromatic heterocycles. The maximum absolute atomic E-state index is 12.8. The smallest absolute Gasteiger partial charge is 0.253 e. The van der Waals surface area contributed by atoms with Crippen LogP contribution in [0.2, 0.25) is 0 Å². The third-order valence-corrected chi connectivity index (χ3v) is 5.02. The van der Waals surface area contributed by atoms with Gasteiger partial charge in [0.05, 0.1) is 0 Å². The van der Waals surface area contributed by atoms with Crippen LogP contribution in [0.3, 0.4) is 0 Å². The van der Waals surface area contributed by atoms with Crippen molar-refractivity contribution < 1.29 is 9.59 Å². The predicted molar refractivity (Wildman–Crippen MR) is 107 cm³/mol. The number of rotatable bonds is 5. The third-order valence-electron chi connectivity index (χ3n) is 5.02. The van der Waals surface area contributed by atoms with E-state index in [1.54, 1.807) is 6.92 Å². The highest BCUT2D eigenvalue weighted by Crippen LogP contribution is 2.20. The monoisotopic (exact) mass is 365 g/mol. The van der Waals surface area contributed by atoms with Gasteiger partial charge >= 0.3 is 0 Å². The molecule has 0 aliphatic carbocycles. The minimum absolute atomic E-state index is 0.0707. The number of anilines is 1. The van der Waals surface area contributed by atoms with Gasteiger partial charge in [0, 0.05) is 44.4 Å². The summed E-state index contributed by atoms with van der Waals surface area (Å²) in [7, 11) is 0. The number of pyridine rings is 1. The topological polar surface area (TPSA) is 53.5 Å². The Hall–Kier alpha value is -2.69. The van der Waals surface area contributed by atoms with Crippen molar-refractivity contribution in [3.63, 3.8) is 0 Å². The molecule has 1 aliphatic rings. The molecule has 0 radical (unpaired) electrons. The Morgan fingerprint density at radius 2 is 1.70 bits per heavy atom. The number of amides is 1. The lowest BCUT2D eigenvalue weighted by molar-refractivity contribution is -0.116. The highest BCUT2D eigenvalue weighted by atomic mass is 16.2. The first-order valence-corrected chi connectivity index (χ1v) is 9.50. The first-order chi connectivity index (χ1) is 12.9. The fraction of sp³-hybridized carbons (Fsp3) is 0.409. The summed E-state index contributed by atoms with van der Waals surface area (Å²) in [6.07, 6.45) is 3.17. The molecule has 1 aliphatic heterocycles. The van der Waals surface area contributed by atoms with Crippen LogP contribution in [-0.4, -0.2) is 47.8 Å². The van der Waals surface area contributed by atoms with Gasteiger partial charge in [0.15, 0.2) is 0 Å². The number of carbonyl (C=O) groups is 2. The largest absolute Gasteiger partial charge is 0.353 e. The average Bonchev–Trinajstić information content (AvgIpc) is 2.66. The van der Waals surface area contributed by atoms with Gasteiger partial charge in [0.25, 0.3) is 5.91 Å². The number of aromatic nitrogens is 1. The number of aryl methyl sites for hydroxylation is 3. The van der Waals surface area contributed by atoms with E-state index in [4.69, 9.17) is 0 Å². The van der Waals surface area contributed by atoms with Crippen LogP contribution in [0.1, 0.15) is 40.4 Å². The molecule has 1 fully saturated rings. The second-order valence-corrected chi connectivity index (χ2v) is 7.33. The summed E-state index contributed by atoms with van der Waals surface area (Å²) in [5.74, 6) is 1.27. The molecule has 0 bridgehead atoms. The maximum atomic E-state index is 12.8. The minimum Gasteiger partial charge on any atom is -0.353 e. The Bertz CT molecular complexity index is 822. The molecule has 0 spiro atoms. The second kappa shape index (κ2) is 8.33. The van der Waals surface area contributed by atoms with Gasteiger partial charge in [-0.1, -0.05) is 18.2 Å². The Kier molecular flexibility index (Phi) is 5.89. The molecule has 27 heavy (non-hydrogen) atoms. The highest BCUT2D eigenvalue weighted by Gasteiger charge is 2.23. The molecule has 0 unspecified atom stereocenters. The molecule has 5 nitrogen and oxygen atoms in total. The predicted octanol–water partition coefficient (Wildman–Crippen LogP) is 3.18. The zero-order valence-corrected chi connectivity index (χ0v) is 16.4. The van der Waals surface area contributed by atoms with E-state index in [2.05, 4.69) is 22.9 Å². The van der Waals surface area contributed by atoms with E-state index in [0.29, 0.717) is 25.1 Å². The third kappa shape index (κ3) is 4.73. The van der Waals surface area contributed by atoms with E-state index in [1.807, 2.05) is 42.3 Å². The van der Waals surface area contributed by atoms with Gasteiger partial charge in [0.2, 0.25) is 0 Å². The fourth-order valence-corrected chi connectivity index (χ4v) is 3.48. The number of hydrogen-bond acceptors (Lipinski definition) is 4. The average molecular weight is 365 g/mol. The number of hydrogen-bond donors (Lipinski definition) is 0. The molecular weight excluding hydrogens is 338 g/mol. The molecule has 2 aromatic rings. The summed E-state index contributed by atoms with van der Waals surface area (Å²) in [4.78, 5) is 32.6. The van der Waals surface area contributed by atoms with Crippen LogP contribution in [0.4, 0.5) is 5.82 Å². The quantitative estimate of drug-likeness (QED) is 0.817. The van der Waals surface area contributed by atoms with Gasteiger partial charge < -0.3 is 14.6 Å². The van der Waals surface area contributed by atoms with E-state index in [1.165, 1.54) is 5.56 Å². The summed E-state index contributed by atoms with van der Waals surface area (Å²) < 4.78 is 0. The van der Waals surface area contributed by atoms with Crippen molar-refractivity contribution in [2.75, 3.05) is 31.1 Å². The van der Waals surface area contributed by atoms with Gasteiger partial charge in [-0.05, 0) is 56.0 Å². The van der Waals surface area contributed by atoms with E-state index >= 15 is 0 Å².